The molecule has 0 radical (unpaired) electrons. The second kappa shape index (κ2) is 5.27. The minimum Gasteiger partial charge on any atom is -0.391 e. The molecule has 1 fully saturated rings. The Kier molecular flexibility index (Phi) is 4.26. The standard InChI is InChI=1S/C10H19N3O3/c1-6(4-11)2-9(15)13-5-7(14)3-8(13)10(12)16/h6-8,14H,2-5,11H2,1H3,(H2,12,16). The Balaban J connectivity index is 2.63. The molecule has 2 amide bonds. The third-order valence-corrected chi connectivity index (χ3v) is 2.85. The molecule has 0 saturated carbocycles. The number of β-amino-alcohol motifs (C(OH)–C–C–N with tert-alkyl or cyclic N) is 1. The number of hydrogen-bond acceptors (Lipinski definition) is 4. The van der Waals surface area contributed by atoms with Crippen LogP contribution in [-0.4, -0.2) is 47.1 Å². The van der Waals surface area contributed by atoms with Crippen LogP contribution >= 0.6 is 0 Å². The van der Waals surface area contributed by atoms with Crippen molar-refractivity contribution >= 4 is 11.8 Å². The molecule has 1 rings (SSSR count). The summed E-state index contributed by atoms with van der Waals surface area (Å²) in [5.41, 5.74) is 10.6. The van der Waals surface area contributed by atoms with Gasteiger partial charge in [0, 0.05) is 19.4 Å². The number of rotatable bonds is 4. The van der Waals surface area contributed by atoms with Gasteiger partial charge in [0.1, 0.15) is 6.04 Å². The van der Waals surface area contributed by atoms with E-state index in [-0.39, 0.29) is 31.2 Å². The van der Waals surface area contributed by atoms with E-state index in [2.05, 4.69) is 0 Å². The zero-order chi connectivity index (χ0) is 12.3. The molecule has 0 aromatic rings. The summed E-state index contributed by atoms with van der Waals surface area (Å²) in [6.45, 7) is 2.47. The Morgan fingerprint density at radius 2 is 2.19 bits per heavy atom. The summed E-state index contributed by atoms with van der Waals surface area (Å²) in [5.74, 6) is -0.664. The molecular weight excluding hydrogens is 210 g/mol. The number of amides is 2. The maximum Gasteiger partial charge on any atom is 0.240 e. The second-order valence-electron chi connectivity index (χ2n) is 4.40. The molecule has 0 spiro atoms. The van der Waals surface area contributed by atoms with Gasteiger partial charge < -0.3 is 21.5 Å². The van der Waals surface area contributed by atoms with E-state index in [0.29, 0.717) is 6.54 Å². The van der Waals surface area contributed by atoms with Crippen molar-refractivity contribution in [3.8, 4) is 0 Å². The summed E-state index contributed by atoms with van der Waals surface area (Å²) in [4.78, 5) is 24.3. The van der Waals surface area contributed by atoms with Crippen LogP contribution in [0.1, 0.15) is 19.8 Å². The van der Waals surface area contributed by atoms with E-state index in [1.807, 2.05) is 6.92 Å². The lowest BCUT2D eigenvalue weighted by Crippen LogP contribution is -2.44. The van der Waals surface area contributed by atoms with Gasteiger partial charge in [0.05, 0.1) is 6.10 Å². The predicted molar refractivity (Wildman–Crippen MR) is 58.2 cm³/mol. The van der Waals surface area contributed by atoms with Gasteiger partial charge in [-0.3, -0.25) is 9.59 Å². The first-order valence-electron chi connectivity index (χ1n) is 5.42. The molecule has 92 valence electrons. The van der Waals surface area contributed by atoms with Gasteiger partial charge in [0.15, 0.2) is 0 Å². The van der Waals surface area contributed by atoms with E-state index in [4.69, 9.17) is 11.5 Å². The number of nitrogens with two attached hydrogens (primary N) is 2. The predicted octanol–water partition coefficient (Wildman–Crippen LogP) is -1.58. The van der Waals surface area contributed by atoms with E-state index in [9.17, 15) is 14.7 Å². The fourth-order valence-corrected chi connectivity index (χ4v) is 1.86. The Bertz CT molecular complexity index is 282. The average molecular weight is 229 g/mol. The van der Waals surface area contributed by atoms with Crippen LogP contribution in [0.3, 0.4) is 0 Å². The molecule has 0 bridgehead atoms. The highest BCUT2D eigenvalue weighted by atomic mass is 16.3. The normalized spacial score (nSPS) is 26.8. The van der Waals surface area contributed by atoms with Crippen molar-refractivity contribution in [1.29, 1.82) is 0 Å². The molecule has 1 saturated heterocycles. The van der Waals surface area contributed by atoms with Gasteiger partial charge in [-0.2, -0.15) is 0 Å². The highest BCUT2D eigenvalue weighted by molar-refractivity contribution is 5.87. The fourth-order valence-electron chi connectivity index (χ4n) is 1.86. The average Bonchev–Trinajstić information content (AvgIpc) is 2.60. The van der Waals surface area contributed by atoms with Crippen LogP contribution in [0.5, 0.6) is 0 Å². The first-order chi connectivity index (χ1) is 7.45. The molecule has 3 unspecified atom stereocenters. The first-order valence-corrected chi connectivity index (χ1v) is 5.42. The quantitative estimate of drug-likeness (QED) is 0.540. The van der Waals surface area contributed by atoms with Crippen molar-refractivity contribution in [2.75, 3.05) is 13.1 Å². The fraction of sp³-hybridized carbons (Fsp3) is 0.800. The van der Waals surface area contributed by atoms with Crippen LogP contribution in [0.25, 0.3) is 0 Å². The topological polar surface area (TPSA) is 110 Å². The van der Waals surface area contributed by atoms with Crippen molar-refractivity contribution in [3.63, 3.8) is 0 Å². The molecule has 1 aliphatic rings. The molecular formula is C10H19N3O3. The molecule has 6 nitrogen and oxygen atoms in total. The van der Waals surface area contributed by atoms with Gasteiger partial charge in [-0.05, 0) is 12.5 Å². The van der Waals surface area contributed by atoms with Crippen molar-refractivity contribution in [2.24, 2.45) is 17.4 Å². The zero-order valence-corrected chi connectivity index (χ0v) is 9.43. The number of nitrogens with zero attached hydrogens (tertiary/aromatic N) is 1. The number of aliphatic hydroxyl groups is 1. The molecule has 6 heteroatoms. The summed E-state index contributed by atoms with van der Waals surface area (Å²) >= 11 is 0. The summed E-state index contributed by atoms with van der Waals surface area (Å²) in [5, 5.41) is 9.43. The van der Waals surface area contributed by atoms with Crippen LogP contribution in [0.4, 0.5) is 0 Å². The van der Waals surface area contributed by atoms with Crippen LogP contribution < -0.4 is 11.5 Å². The van der Waals surface area contributed by atoms with Crippen molar-refractivity contribution in [3.05, 3.63) is 0 Å². The van der Waals surface area contributed by atoms with E-state index >= 15 is 0 Å². The molecule has 0 aromatic heterocycles. The van der Waals surface area contributed by atoms with E-state index < -0.39 is 18.1 Å². The van der Waals surface area contributed by atoms with Crippen molar-refractivity contribution < 1.29 is 14.7 Å². The largest absolute Gasteiger partial charge is 0.391 e. The van der Waals surface area contributed by atoms with Gasteiger partial charge in [0.2, 0.25) is 11.8 Å². The van der Waals surface area contributed by atoms with Crippen LogP contribution in [0.2, 0.25) is 0 Å². The molecule has 3 atom stereocenters. The van der Waals surface area contributed by atoms with E-state index in [1.54, 1.807) is 0 Å². The highest BCUT2D eigenvalue weighted by Gasteiger charge is 2.37. The van der Waals surface area contributed by atoms with E-state index in [1.165, 1.54) is 4.90 Å². The lowest BCUT2D eigenvalue weighted by molar-refractivity contribution is -0.138. The lowest BCUT2D eigenvalue weighted by Gasteiger charge is -2.23. The Morgan fingerprint density at radius 1 is 1.56 bits per heavy atom. The minimum absolute atomic E-state index is 0.0683. The van der Waals surface area contributed by atoms with Gasteiger partial charge in [-0.15, -0.1) is 0 Å². The third-order valence-electron chi connectivity index (χ3n) is 2.85. The molecule has 16 heavy (non-hydrogen) atoms. The van der Waals surface area contributed by atoms with Crippen LogP contribution in [-0.2, 0) is 9.59 Å². The molecule has 0 aliphatic carbocycles. The van der Waals surface area contributed by atoms with Crippen LogP contribution in [0, 0.1) is 5.92 Å². The molecule has 0 aromatic carbocycles. The summed E-state index contributed by atoms with van der Waals surface area (Å²) < 4.78 is 0. The first kappa shape index (κ1) is 12.9. The molecule has 1 aliphatic heterocycles. The van der Waals surface area contributed by atoms with E-state index in [0.717, 1.165) is 0 Å². The number of aliphatic hydroxyl groups excluding tert-OH is 1. The Labute approximate surface area is 94.6 Å². The molecule has 1 heterocycles. The number of likely N-dealkylation sites (tertiary alicyclic amines) is 1. The monoisotopic (exact) mass is 229 g/mol. The minimum atomic E-state index is -0.674. The summed E-state index contributed by atoms with van der Waals surface area (Å²) in [6, 6.07) is -0.674. The smallest absolute Gasteiger partial charge is 0.240 e. The SMILES string of the molecule is CC(CN)CC(=O)N1CC(O)CC1C(N)=O. The van der Waals surface area contributed by atoms with Gasteiger partial charge in [0.25, 0.3) is 0 Å². The Hall–Kier alpha value is -1.14. The summed E-state index contributed by atoms with van der Waals surface area (Å²) in [7, 11) is 0. The van der Waals surface area contributed by atoms with Crippen molar-refractivity contribution in [2.45, 2.75) is 31.9 Å². The number of hydrogen-bond donors (Lipinski definition) is 3. The van der Waals surface area contributed by atoms with Gasteiger partial charge >= 0.3 is 0 Å². The van der Waals surface area contributed by atoms with Gasteiger partial charge in [-0.1, -0.05) is 6.92 Å². The third kappa shape index (κ3) is 2.93. The highest BCUT2D eigenvalue weighted by Crippen LogP contribution is 2.19. The number of carbonyl (C=O) groups is 2. The second-order valence-corrected chi connectivity index (χ2v) is 4.40. The van der Waals surface area contributed by atoms with Gasteiger partial charge in [-0.25, -0.2) is 0 Å². The molecule has 5 N–H and O–H groups in total. The summed E-state index contributed by atoms with van der Waals surface area (Å²) in [6.07, 6.45) is -0.139. The lowest BCUT2D eigenvalue weighted by atomic mass is 10.1. The number of primary amides is 1. The zero-order valence-electron chi connectivity index (χ0n) is 9.43. The van der Waals surface area contributed by atoms with Crippen LogP contribution in [0.15, 0.2) is 0 Å². The number of carbonyl (C=O) groups excluding carboxylic acids is 2. The maximum atomic E-state index is 11.8. The maximum absolute atomic E-state index is 11.8. The van der Waals surface area contributed by atoms with Crippen molar-refractivity contribution in [1.82, 2.24) is 4.90 Å². The Morgan fingerprint density at radius 3 is 2.69 bits per heavy atom.